The van der Waals surface area contributed by atoms with Gasteiger partial charge in [-0.15, -0.1) is 0 Å². The Morgan fingerprint density at radius 3 is 2.79 bits per heavy atom. The first-order valence-corrected chi connectivity index (χ1v) is 8.14. The van der Waals surface area contributed by atoms with Gasteiger partial charge in [0.05, 0.1) is 0 Å². The molecule has 128 valence electrons. The van der Waals surface area contributed by atoms with Crippen molar-refractivity contribution < 1.29 is 14.7 Å². The maximum atomic E-state index is 12.5. The molecule has 1 aliphatic rings. The third-order valence-corrected chi connectivity index (χ3v) is 4.61. The van der Waals surface area contributed by atoms with E-state index in [9.17, 15) is 9.59 Å². The van der Waals surface area contributed by atoms with Gasteiger partial charge in [-0.05, 0) is 43.5 Å². The first-order valence-electron chi connectivity index (χ1n) is 7.76. The first-order chi connectivity index (χ1) is 11.4. The van der Waals surface area contributed by atoms with Gasteiger partial charge >= 0.3 is 6.09 Å². The molecule has 24 heavy (non-hydrogen) atoms. The molecular weight excluding hydrogens is 332 g/mol. The second-order valence-electron chi connectivity index (χ2n) is 6.12. The molecule has 1 heterocycles. The Kier molecular flexibility index (Phi) is 4.64. The quantitative estimate of drug-likeness (QED) is 0.582. The number of fused-ring (bicyclic) bond motifs is 1. The monoisotopic (exact) mass is 350 g/mol. The van der Waals surface area contributed by atoms with Crippen LogP contribution in [0.1, 0.15) is 29.8 Å². The molecule has 0 bridgehead atoms. The zero-order valence-electron chi connectivity index (χ0n) is 12.9. The van der Waals surface area contributed by atoms with Crippen LogP contribution in [0.5, 0.6) is 0 Å². The van der Waals surface area contributed by atoms with Crippen LogP contribution in [0.15, 0.2) is 24.3 Å². The number of nitrogens with two attached hydrogens (primary N) is 1. The molecule has 1 aliphatic carbocycles. The SMILES string of the molecule is NC1CCC(NC(=O)O)CC1NC(=O)c1cc2cc(Cl)ccc2[nH]1. The lowest BCUT2D eigenvalue weighted by Gasteiger charge is -2.34. The molecule has 0 spiro atoms. The third kappa shape index (κ3) is 3.63. The summed E-state index contributed by atoms with van der Waals surface area (Å²) in [6, 6.07) is 6.41. The fourth-order valence-corrected chi connectivity index (χ4v) is 3.32. The van der Waals surface area contributed by atoms with E-state index in [1.165, 1.54) is 0 Å². The minimum Gasteiger partial charge on any atom is -0.465 e. The Morgan fingerprint density at radius 1 is 1.25 bits per heavy atom. The molecule has 1 aromatic heterocycles. The number of hydrogen-bond donors (Lipinski definition) is 5. The van der Waals surface area contributed by atoms with Crippen molar-refractivity contribution in [2.24, 2.45) is 5.73 Å². The van der Waals surface area contributed by atoms with Crippen molar-refractivity contribution in [3.63, 3.8) is 0 Å². The predicted octanol–water partition coefficient (Wildman–Crippen LogP) is 2.07. The zero-order valence-corrected chi connectivity index (χ0v) is 13.6. The summed E-state index contributed by atoms with van der Waals surface area (Å²) in [5, 5.41) is 15.7. The van der Waals surface area contributed by atoms with E-state index in [1.807, 2.05) is 6.07 Å². The number of benzene rings is 1. The predicted molar refractivity (Wildman–Crippen MR) is 91.3 cm³/mol. The lowest BCUT2D eigenvalue weighted by atomic mass is 9.87. The molecule has 1 saturated carbocycles. The molecule has 1 aromatic carbocycles. The highest BCUT2D eigenvalue weighted by Crippen LogP contribution is 2.21. The summed E-state index contributed by atoms with van der Waals surface area (Å²) >= 11 is 5.95. The normalized spacial score (nSPS) is 23.8. The fourth-order valence-electron chi connectivity index (χ4n) is 3.14. The fraction of sp³-hybridized carbons (Fsp3) is 0.375. The molecule has 3 unspecified atom stereocenters. The molecule has 3 rings (SSSR count). The van der Waals surface area contributed by atoms with Crippen LogP contribution in [0.25, 0.3) is 10.9 Å². The van der Waals surface area contributed by atoms with Crippen molar-refractivity contribution >= 4 is 34.5 Å². The number of halogens is 1. The van der Waals surface area contributed by atoms with Crippen LogP contribution in [-0.4, -0.2) is 40.2 Å². The largest absolute Gasteiger partial charge is 0.465 e. The van der Waals surface area contributed by atoms with Crippen molar-refractivity contribution in [2.45, 2.75) is 37.4 Å². The third-order valence-electron chi connectivity index (χ3n) is 4.38. The van der Waals surface area contributed by atoms with Crippen LogP contribution in [0.2, 0.25) is 5.02 Å². The number of H-pyrrole nitrogens is 1. The molecule has 1 fully saturated rings. The number of aromatic amines is 1. The molecule has 0 radical (unpaired) electrons. The van der Waals surface area contributed by atoms with Gasteiger partial charge in [0.15, 0.2) is 0 Å². The molecule has 3 atom stereocenters. The van der Waals surface area contributed by atoms with Crippen molar-refractivity contribution in [3.05, 3.63) is 35.0 Å². The van der Waals surface area contributed by atoms with Gasteiger partial charge < -0.3 is 26.5 Å². The minimum absolute atomic E-state index is 0.195. The van der Waals surface area contributed by atoms with Crippen molar-refractivity contribution in [1.29, 1.82) is 0 Å². The van der Waals surface area contributed by atoms with E-state index in [-0.39, 0.29) is 24.0 Å². The summed E-state index contributed by atoms with van der Waals surface area (Å²) < 4.78 is 0. The highest BCUT2D eigenvalue weighted by Gasteiger charge is 2.30. The number of carbonyl (C=O) groups excluding carboxylic acids is 1. The lowest BCUT2D eigenvalue weighted by Crippen LogP contribution is -2.55. The van der Waals surface area contributed by atoms with Gasteiger partial charge in [0, 0.05) is 34.1 Å². The van der Waals surface area contributed by atoms with Crippen LogP contribution >= 0.6 is 11.6 Å². The Balaban J connectivity index is 1.70. The van der Waals surface area contributed by atoms with E-state index in [2.05, 4.69) is 15.6 Å². The Morgan fingerprint density at radius 2 is 2.04 bits per heavy atom. The molecule has 8 heteroatoms. The topological polar surface area (TPSA) is 120 Å². The van der Waals surface area contributed by atoms with Crippen molar-refractivity contribution in [1.82, 2.24) is 15.6 Å². The second-order valence-corrected chi connectivity index (χ2v) is 6.55. The van der Waals surface area contributed by atoms with Gasteiger partial charge in [-0.3, -0.25) is 4.79 Å². The lowest BCUT2D eigenvalue weighted by molar-refractivity contribution is 0.0911. The van der Waals surface area contributed by atoms with E-state index in [1.54, 1.807) is 18.2 Å². The van der Waals surface area contributed by atoms with Crippen LogP contribution < -0.4 is 16.4 Å². The van der Waals surface area contributed by atoms with Crippen LogP contribution in [-0.2, 0) is 0 Å². The number of hydrogen-bond acceptors (Lipinski definition) is 3. The average Bonchev–Trinajstić information content (AvgIpc) is 2.93. The molecule has 2 amide bonds. The number of aromatic nitrogens is 1. The highest BCUT2D eigenvalue weighted by atomic mass is 35.5. The van der Waals surface area contributed by atoms with Gasteiger partial charge in [-0.1, -0.05) is 11.6 Å². The van der Waals surface area contributed by atoms with Crippen molar-refractivity contribution in [3.8, 4) is 0 Å². The van der Waals surface area contributed by atoms with Crippen molar-refractivity contribution in [2.75, 3.05) is 0 Å². The molecule has 7 nitrogen and oxygen atoms in total. The number of carbonyl (C=O) groups is 2. The highest BCUT2D eigenvalue weighted by molar-refractivity contribution is 6.31. The Hall–Kier alpha value is -2.25. The van der Waals surface area contributed by atoms with E-state index in [4.69, 9.17) is 22.4 Å². The molecule has 2 aromatic rings. The second kappa shape index (κ2) is 6.70. The Labute approximate surface area is 143 Å². The summed E-state index contributed by atoms with van der Waals surface area (Å²) in [5.41, 5.74) is 7.32. The van der Waals surface area contributed by atoms with Gasteiger partial charge in [0.1, 0.15) is 5.69 Å². The summed E-state index contributed by atoms with van der Waals surface area (Å²) in [7, 11) is 0. The number of nitrogens with one attached hydrogen (secondary N) is 3. The van der Waals surface area contributed by atoms with Crippen LogP contribution in [0.3, 0.4) is 0 Å². The Bertz CT molecular complexity index is 776. The summed E-state index contributed by atoms with van der Waals surface area (Å²) in [4.78, 5) is 26.3. The van der Waals surface area contributed by atoms with E-state index in [0.29, 0.717) is 30.0 Å². The molecule has 6 N–H and O–H groups in total. The number of amides is 2. The first kappa shape index (κ1) is 16.6. The molecule has 0 saturated heterocycles. The maximum Gasteiger partial charge on any atom is 0.404 e. The van der Waals surface area contributed by atoms with E-state index >= 15 is 0 Å². The van der Waals surface area contributed by atoms with Gasteiger partial charge in [-0.2, -0.15) is 0 Å². The summed E-state index contributed by atoms with van der Waals surface area (Å²) in [5.74, 6) is -0.265. The van der Waals surface area contributed by atoms with Gasteiger partial charge in [-0.25, -0.2) is 4.79 Å². The van der Waals surface area contributed by atoms with Gasteiger partial charge in [0.25, 0.3) is 5.91 Å². The van der Waals surface area contributed by atoms with Crippen LogP contribution in [0, 0.1) is 0 Å². The number of carboxylic acid groups (broad SMARTS) is 1. The molecular formula is C16H19ClN4O3. The molecule has 0 aliphatic heterocycles. The maximum absolute atomic E-state index is 12.5. The summed E-state index contributed by atoms with van der Waals surface area (Å²) in [6.45, 7) is 0. The average molecular weight is 351 g/mol. The van der Waals surface area contributed by atoms with Gasteiger partial charge in [0.2, 0.25) is 0 Å². The zero-order chi connectivity index (χ0) is 17.3. The van der Waals surface area contributed by atoms with E-state index in [0.717, 1.165) is 10.9 Å². The minimum atomic E-state index is -1.06. The van der Waals surface area contributed by atoms with E-state index < -0.39 is 6.09 Å². The van der Waals surface area contributed by atoms with Crippen LogP contribution in [0.4, 0.5) is 4.79 Å². The standard InChI is InChI=1S/C16H19ClN4O3/c17-9-1-4-12-8(5-9)6-14(20-12)15(22)21-13-7-10(19-16(23)24)2-3-11(13)18/h1,4-6,10-11,13,19-20H,2-3,7,18H2,(H,21,22)(H,23,24). The number of rotatable bonds is 3. The summed E-state index contributed by atoms with van der Waals surface area (Å²) in [6.07, 6.45) is 0.738. The smallest absolute Gasteiger partial charge is 0.404 e.